The largest absolute Gasteiger partial charge is 0.491 e. The van der Waals surface area contributed by atoms with Crippen molar-refractivity contribution in [3.8, 4) is 5.75 Å². The Morgan fingerprint density at radius 1 is 1.24 bits per heavy atom. The molecule has 1 amide bonds. The number of hydrogen-bond acceptors (Lipinski definition) is 5. The number of likely N-dealkylation sites (N-methyl/N-ethyl adjacent to an activating group) is 1. The van der Waals surface area contributed by atoms with Gasteiger partial charge < -0.3 is 14.5 Å². The summed E-state index contributed by atoms with van der Waals surface area (Å²) in [5.74, 6) is 0.540. The van der Waals surface area contributed by atoms with Crippen LogP contribution in [0.5, 0.6) is 5.75 Å². The number of fused-ring (bicyclic) bond motifs is 3. The summed E-state index contributed by atoms with van der Waals surface area (Å²) in [5, 5.41) is 5.27. The Hall–Kier alpha value is -2.64. The SMILES string of the molecule is Cc1nc2c3c(nn2c(C)c1Cl)CN(C(=O)c1ccccc1OCCN(C)C)C3. The topological polar surface area (TPSA) is 63.0 Å². The molecule has 2 aromatic heterocycles. The normalized spacial score (nSPS) is 13.4. The van der Waals surface area contributed by atoms with Crippen molar-refractivity contribution >= 4 is 23.2 Å². The van der Waals surface area contributed by atoms with Crippen LogP contribution in [0, 0.1) is 13.8 Å². The summed E-state index contributed by atoms with van der Waals surface area (Å²) in [7, 11) is 3.98. The van der Waals surface area contributed by atoms with Crippen LogP contribution in [-0.2, 0) is 13.1 Å². The van der Waals surface area contributed by atoms with Gasteiger partial charge in [-0.15, -0.1) is 0 Å². The van der Waals surface area contributed by atoms with Gasteiger partial charge in [-0.3, -0.25) is 4.79 Å². The molecule has 4 rings (SSSR count). The Balaban J connectivity index is 1.58. The molecule has 0 spiro atoms. The van der Waals surface area contributed by atoms with Crippen molar-refractivity contribution < 1.29 is 9.53 Å². The van der Waals surface area contributed by atoms with Gasteiger partial charge >= 0.3 is 0 Å². The number of carbonyl (C=O) groups excluding carboxylic acids is 1. The van der Waals surface area contributed by atoms with Gasteiger partial charge in [0.1, 0.15) is 12.4 Å². The van der Waals surface area contributed by atoms with Gasteiger partial charge in [-0.2, -0.15) is 5.10 Å². The first-order valence-electron chi connectivity index (χ1n) is 9.56. The molecule has 0 N–H and O–H groups in total. The summed E-state index contributed by atoms with van der Waals surface area (Å²) < 4.78 is 7.64. The predicted octanol–water partition coefficient (Wildman–Crippen LogP) is 3.10. The van der Waals surface area contributed by atoms with E-state index < -0.39 is 0 Å². The number of nitrogens with zero attached hydrogens (tertiary/aromatic N) is 5. The Morgan fingerprint density at radius 2 is 2.00 bits per heavy atom. The van der Waals surface area contributed by atoms with E-state index in [0.29, 0.717) is 36.0 Å². The molecule has 0 saturated carbocycles. The van der Waals surface area contributed by atoms with E-state index >= 15 is 0 Å². The Morgan fingerprint density at radius 3 is 2.76 bits per heavy atom. The maximum Gasteiger partial charge on any atom is 0.258 e. The fraction of sp³-hybridized carbons (Fsp3) is 0.381. The van der Waals surface area contributed by atoms with Crippen molar-refractivity contribution in [1.82, 2.24) is 24.4 Å². The zero-order chi connectivity index (χ0) is 20.7. The first-order valence-corrected chi connectivity index (χ1v) is 9.93. The summed E-state index contributed by atoms with van der Waals surface area (Å²) in [6.45, 7) is 6.03. The van der Waals surface area contributed by atoms with Gasteiger partial charge in [0.05, 0.1) is 40.8 Å². The lowest BCUT2D eigenvalue weighted by molar-refractivity contribution is 0.0745. The van der Waals surface area contributed by atoms with E-state index in [2.05, 4.69) is 10.1 Å². The van der Waals surface area contributed by atoms with Crippen molar-refractivity contribution in [2.75, 3.05) is 27.2 Å². The molecular weight excluding hydrogens is 390 g/mol. The van der Waals surface area contributed by atoms with Crippen LogP contribution in [0.2, 0.25) is 5.02 Å². The summed E-state index contributed by atoms with van der Waals surface area (Å²) in [5.41, 5.74) is 4.81. The van der Waals surface area contributed by atoms with Gasteiger partial charge in [0.2, 0.25) is 0 Å². The molecule has 1 aliphatic heterocycles. The van der Waals surface area contributed by atoms with Crippen LogP contribution >= 0.6 is 11.6 Å². The second-order valence-electron chi connectivity index (χ2n) is 7.57. The van der Waals surface area contributed by atoms with E-state index in [1.54, 1.807) is 9.42 Å². The summed E-state index contributed by atoms with van der Waals surface area (Å²) in [6.07, 6.45) is 0. The van der Waals surface area contributed by atoms with E-state index in [-0.39, 0.29) is 5.91 Å². The molecule has 7 nitrogen and oxygen atoms in total. The van der Waals surface area contributed by atoms with Gasteiger partial charge in [0.15, 0.2) is 5.65 Å². The minimum atomic E-state index is -0.0657. The van der Waals surface area contributed by atoms with Crippen LogP contribution in [-0.4, -0.2) is 57.6 Å². The van der Waals surface area contributed by atoms with E-state index in [9.17, 15) is 4.79 Å². The number of rotatable bonds is 5. The van der Waals surface area contributed by atoms with Gasteiger partial charge in [0, 0.05) is 12.1 Å². The fourth-order valence-electron chi connectivity index (χ4n) is 3.53. The van der Waals surface area contributed by atoms with Gasteiger partial charge in [-0.1, -0.05) is 23.7 Å². The molecule has 1 aromatic carbocycles. The van der Waals surface area contributed by atoms with Gasteiger partial charge in [-0.05, 0) is 40.1 Å². The summed E-state index contributed by atoms with van der Waals surface area (Å²) in [4.78, 5) is 21.7. The quantitative estimate of drug-likeness (QED) is 0.643. The molecule has 0 saturated heterocycles. The monoisotopic (exact) mass is 413 g/mol. The number of amides is 1. The molecule has 0 atom stereocenters. The zero-order valence-electron chi connectivity index (χ0n) is 17.1. The van der Waals surface area contributed by atoms with Crippen LogP contribution in [0.15, 0.2) is 24.3 Å². The molecule has 0 bridgehead atoms. The molecule has 0 aliphatic carbocycles. The molecule has 8 heteroatoms. The lowest BCUT2D eigenvalue weighted by atomic mass is 10.1. The Labute approximate surface area is 174 Å². The highest BCUT2D eigenvalue weighted by Crippen LogP contribution is 2.31. The first kappa shape index (κ1) is 19.7. The minimum absolute atomic E-state index is 0.0657. The number of hydrogen-bond donors (Lipinski definition) is 0. The Bertz CT molecular complexity index is 1090. The highest BCUT2D eigenvalue weighted by atomic mass is 35.5. The third kappa shape index (κ3) is 3.56. The number of aryl methyl sites for hydroxylation is 2. The highest BCUT2D eigenvalue weighted by Gasteiger charge is 2.31. The summed E-state index contributed by atoms with van der Waals surface area (Å²) >= 11 is 6.31. The molecule has 3 heterocycles. The molecule has 152 valence electrons. The zero-order valence-corrected chi connectivity index (χ0v) is 17.8. The standard InChI is InChI=1S/C21H24ClN5O2/c1-13-19(22)14(2)27-20(23-13)16-11-26(12-17(16)24-27)21(28)15-7-5-6-8-18(15)29-10-9-25(3)4/h5-8H,9-12H2,1-4H3. The third-order valence-corrected chi connectivity index (χ3v) is 5.70. The number of benzene rings is 1. The van der Waals surface area contributed by atoms with E-state index in [1.807, 2.05) is 57.1 Å². The maximum absolute atomic E-state index is 13.2. The van der Waals surface area contributed by atoms with Crippen molar-refractivity contribution in [2.45, 2.75) is 26.9 Å². The second kappa shape index (κ2) is 7.65. The predicted molar refractivity (Wildman–Crippen MR) is 112 cm³/mol. The van der Waals surface area contributed by atoms with Crippen molar-refractivity contribution in [1.29, 1.82) is 0 Å². The third-order valence-electron chi connectivity index (χ3n) is 5.16. The number of carbonyl (C=O) groups is 1. The fourth-order valence-corrected chi connectivity index (χ4v) is 3.66. The van der Waals surface area contributed by atoms with E-state index in [4.69, 9.17) is 16.3 Å². The number of halogens is 1. The first-order chi connectivity index (χ1) is 13.9. The maximum atomic E-state index is 13.2. The van der Waals surface area contributed by atoms with Crippen molar-refractivity contribution in [2.24, 2.45) is 0 Å². The van der Waals surface area contributed by atoms with Gasteiger partial charge in [0.25, 0.3) is 5.91 Å². The molecule has 29 heavy (non-hydrogen) atoms. The van der Waals surface area contributed by atoms with Gasteiger partial charge in [-0.25, -0.2) is 9.50 Å². The van der Waals surface area contributed by atoms with Crippen molar-refractivity contribution in [3.05, 3.63) is 57.5 Å². The smallest absolute Gasteiger partial charge is 0.258 e. The van der Waals surface area contributed by atoms with E-state index in [0.717, 1.165) is 34.8 Å². The average molecular weight is 414 g/mol. The van der Waals surface area contributed by atoms with Crippen LogP contribution in [0.3, 0.4) is 0 Å². The van der Waals surface area contributed by atoms with Crippen molar-refractivity contribution in [3.63, 3.8) is 0 Å². The van der Waals surface area contributed by atoms with Crippen LogP contribution in [0.1, 0.15) is 33.0 Å². The lowest BCUT2D eigenvalue weighted by Gasteiger charge is -2.19. The minimum Gasteiger partial charge on any atom is -0.491 e. The second-order valence-corrected chi connectivity index (χ2v) is 7.94. The number of para-hydroxylation sites is 1. The molecule has 3 aromatic rings. The Kier molecular flexibility index (Phi) is 5.19. The average Bonchev–Trinajstić information content (AvgIpc) is 3.25. The highest BCUT2D eigenvalue weighted by molar-refractivity contribution is 6.31. The molecule has 0 fully saturated rings. The molecule has 0 unspecified atom stereocenters. The molecular formula is C21H24ClN5O2. The molecule has 1 aliphatic rings. The number of aromatic nitrogens is 3. The molecule has 0 radical (unpaired) electrons. The van der Waals surface area contributed by atoms with Crippen LogP contribution in [0.4, 0.5) is 0 Å². The lowest BCUT2D eigenvalue weighted by Crippen LogP contribution is -2.27. The van der Waals surface area contributed by atoms with Crippen LogP contribution in [0.25, 0.3) is 5.65 Å². The number of ether oxygens (including phenoxy) is 1. The van der Waals surface area contributed by atoms with E-state index in [1.165, 1.54) is 0 Å². The summed E-state index contributed by atoms with van der Waals surface area (Å²) in [6, 6.07) is 7.38. The van der Waals surface area contributed by atoms with Crippen LogP contribution < -0.4 is 4.74 Å².